The van der Waals surface area contributed by atoms with Gasteiger partial charge in [0.15, 0.2) is 0 Å². The van der Waals surface area contributed by atoms with Crippen molar-refractivity contribution < 1.29 is 14.3 Å². The van der Waals surface area contributed by atoms with Gasteiger partial charge in [-0.2, -0.15) is 0 Å². The Bertz CT molecular complexity index is 916. The molecule has 1 aromatic heterocycles. The summed E-state index contributed by atoms with van der Waals surface area (Å²) in [6.07, 6.45) is 7.45. The number of benzene rings is 1. The first-order chi connectivity index (χ1) is 16.2. The van der Waals surface area contributed by atoms with Gasteiger partial charge in [0, 0.05) is 19.1 Å². The van der Waals surface area contributed by atoms with Crippen LogP contribution in [-0.2, 0) is 22.6 Å². The highest BCUT2D eigenvalue weighted by Crippen LogP contribution is 2.34. The lowest BCUT2D eigenvalue weighted by atomic mass is 9.96. The van der Waals surface area contributed by atoms with Gasteiger partial charge < -0.3 is 20.1 Å². The number of carbonyl (C=O) groups is 1. The first-order valence-corrected chi connectivity index (χ1v) is 12.1. The number of ether oxygens (including phenoxy) is 2. The van der Waals surface area contributed by atoms with Crippen molar-refractivity contribution in [2.45, 2.75) is 75.5 Å². The molecule has 2 aliphatic heterocycles. The molecule has 0 unspecified atom stereocenters. The fraction of sp³-hybridized carbons (Fsp3) is 0.625. The number of carbonyl (C=O) groups excluding carboxylic acids is 1. The van der Waals surface area contributed by atoms with E-state index in [1.165, 1.54) is 24.8 Å². The molecule has 1 saturated carbocycles. The molecule has 3 aliphatic rings. The first-order valence-electron chi connectivity index (χ1n) is 12.1. The van der Waals surface area contributed by atoms with Crippen LogP contribution >= 0.6 is 0 Å². The van der Waals surface area contributed by atoms with Gasteiger partial charge in [-0.1, -0.05) is 54.8 Å². The van der Waals surface area contributed by atoms with Crippen LogP contribution in [0.4, 0.5) is 4.79 Å². The fourth-order valence-electron chi connectivity index (χ4n) is 5.25. The van der Waals surface area contributed by atoms with E-state index in [2.05, 4.69) is 57.2 Å². The number of nitrogens with one attached hydrogen (secondary N) is 2. The lowest BCUT2D eigenvalue weighted by molar-refractivity contribution is 0.0622. The molecule has 3 fully saturated rings. The van der Waals surface area contributed by atoms with Gasteiger partial charge in [0.2, 0.25) is 0 Å². The molecule has 9 heteroatoms. The Morgan fingerprint density at radius 2 is 1.85 bits per heavy atom. The van der Waals surface area contributed by atoms with Crippen molar-refractivity contribution in [2.24, 2.45) is 0 Å². The number of rotatable bonds is 7. The van der Waals surface area contributed by atoms with Crippen LogP contribution in [0.3, 0.4) is 0 Å². The van der Waals surface area contributed by atoms with E-state index in [4.69, 9.17) is 9.47 Å². The first kappa shape index (κ1) is 22.3. The molecule has 178 valence electrons. The maximum atomic E-state index is 12.5. The van der Waals surface area contributed by atoms with E-state index in [9.17, 15) is 4.79 Å². The van der Waals surface area contributed by atoms with E-state index in [1.807, 2.05) is 16.9 Å². The molecule has 0 spiro atoms. The standard InChI is InChI=1S/C24H34N6O3/c1-29(12-17-8-4-2-5-9-17)13-19-14-30(28-27-19)21-16-33-22-20(15-32-23(21)22)26-24(31)25-18-10-6-3-7-11-18/h2,4-5,8-9,14,18,20-23H,3,6-7,10-13,15-16H2,1H3,(H2,25,26,31)/t20-,21-,22+,23+/m0/s1. The fourth-order valence-corrected chi connectivity index (χ4v) is 5.25. The zero-order valence-corrected chi connectivity index (χ0v) is 19.2. The van der Waals surface area contributed by atoms with Gasteiger partial charge in [0.05, 0.1) is 31.1 Å². The summed E-state index contributed by atoms with van der Waals surface area (Å²) in [5.74, 6) is 0. The molecule has 9 nitrogen and oxygen atoms in total. The average Bonchev–Trinajstić information content (AvgIpc) is 3.53. The number of nitrogens with zero attached hydrogens (tertiary/aromatic N) is 4. The molecule has 2 saturated heterocycles. The van der Waals surface area contributed by atoms with Crippen molar-refractivity contribution in [1.82, 2.24) is 30.5 Å². The van der Waals surface area contributed by atoms with Gasteiger partial charge >= 0.3 is 6.03 Å². The maximum Gasteiger partial charge on any atom is 0.315 e. The zero-order valence-electron chi connectivity index (χ0n) is 19.2. The van der Waals surface area contributed by atoms with Crippen LogP contribution in [0.5, 0.6) is 0 Å². The van der Waals surface area contributed by atoms with Crippen molar-refractivity contribution in [3.8, 4) is 0 Å². The largest absolute Gasteiger partial charge is 0.371 e. The Hall–Kier alpha value is -2.49. The third-order valence-electron chi connectivity index (χ3n) is 6.91. The number of fused-ring (bicyclic) bond motifs is 1. The highest BCUT2D eigenvalue weighted by atomic mass is 16.6. The minimum Gasteiger partial charge on any atom is -0.371 e. The Kier molecular flexibility index (Phi) is 6.89. The van der Waals surface area contributed by atoms with Crippen LogP contribution < -0.4 is 10.6 Å². The van der Waals surface area contributed by atoms with E-state index >= 15 is 0 Å². The Morgan fingerprint density at radius 3 is 2.67 bits per heavy atom. The molecular weight excluding hydrogens is 420 g/mol. The quantitative estimate of drug-likeness (QED) is 0.667. The molecule has 1 aromatic carbocycles. The van der Waals surface area contributed by atoms with Crippen LogP contribution in [0.2, 0.25) is 0 Å². The smallest absolute Gasteiger partial charge is 0.315 e. The highest BCUT2D eigenvalue weighted by molar-refractivity contribution is 5.74. The van der Waals surface area contributed by atoms with Crippen LogP contribution in [0.25, 0.3) is 0 Å². The highest BCUT2D eigenvalue weighted by Gasteiger charge is 2.49. The molecule has 1 aliphatic carbocycles. The summed E-state index contributed by atoms with van der Waals surface area (Å²) in [5, 5.41) is 14.9. The Balaban J connectivity index is 1.13. The number of aromatic nitrogens is 3. The molecule has 2 amide bonds. The summed E-state index contributed by atoms with van der Waals surface area (Å²) in [4.78, 5) is 14.7. The van der Waals surface area contributed by atoms with Gasteiger partial charge in [-0.05, 0) is 25.5 Å². The van der Waals surface area contributed by atoms with Crippen LogP contribution in [0, 0.1) is 0 Å². The second-order valence-corrected chi connectivity index (χ2v) is 9.57. The van der Waals surface area contributed by atoms with Crippen molar-refractivity contribution in [1.29, 1.82) is 0 Å². The van der Waals surface area contributed by atoms with Gasteiger partial charge in [-0.25, -0.2) is 9.48 Å². The predicted molar refractivity (Wildman–Crippen MR) is 122 cm³/mol. The number of urea groups is 1. The molecule has 0 bridgehead atoms. The zero-order chi connectivity index (χ0) is 22.6. The van der Waals surface area contributed by atoms with Crippen molar-refractivity contribution in [3.63, 3.8) is 0 Å². The van der Waals surface area contributed by atoms with Crippen molar-refractivity contribution in [2.75, 3.05) is 20.3 Å². The van der Waals surface area contributed by atoms with E-state index in [1.54, 1.807) is 0 Å². The topological polar surface area (TPSA) is 93.5 Å². The number of hydrogen-bond acceptors (Lipinski definition) is 6. The van der Waals surface area contributed by atoms with E-state index in [0.717, 1.165) is 25.1 Å². The normalized spacial score (nSPS) is 27.6. The lowest BCUT2D eigenvalue weighted by Gasteiger charge is -2.24. The maximum absolute atomic E-state index is 12.5. The summed E-state index contributed by atoms with van der Waals surface area (Å²) < 4.78 is 14.0. The Labute approximate surface area is 194 Å². The molecule has 3 heterocycles. The van der Waals surface area contributed by atoms with Crippen LogP contribution in [-0.4, -0.2) is 70.5 Å². The third-order valence-corrected chi connectivity index (χ3v) is 6.91. The molecule has 0 radical (unpaired) electrons. The molecule has 33 heavy (non-hydrogen) atoms. The van der Waals surface area contributed by atoms with Crippen LogP contribution in [0.15, 0.2) is 36.5 Å². The number of amides is 2. The molecule has 2 aromatic rings. The minimum atomic E-state index is -0.166. The van der Waals surface area contributed by atoms with E-state index in [0.29, 0.717) is 19.8 Å². The second-order valence-electron chi connectivity index (χ2n) is 9.57. The third kappa shape index (κ3) is 5.37. The summed E-state index contributed by atoms with van der Waals surface area (Å²) >= 11 is 0. The van der Waals surface area contributed by atoms with Crippen LogP contribution in [0.1, 0.15) is 49.4 Å². The minimum absolute atomic E-state index is 0.0381. The second kappa shape index (κ2) is 10.2. The average molecular weight is 455 g/mol. The summed E-state index contributed by atoms with van der Waals surface area (Å²) in [5.41, 5.74) is 2.18. The van der Waals surface area contributed by atoms with Gasteiger partial charge in [0.1, 0.15) is 18.2 Å². The lowest BCUT2D eigenvalue weighted by Crippen LogP contribution is -2.50. The monoisotopic (exact) mass is 454 g/mol. The molecular formula is C24H34N6O3. The molecule has 5 rings (SSSR count). The summed E-state index contributed by atoms with van der Waals surface area (Å²) in [7, 11) is 2.08. The molecule has 2 N–H and O–H groups in total. The van der Waals surface area contributed by atoms with E-state index < -0.39 is 0 Å². The predicted octanol–water partition coefficient (Wildman–Crippen LogP) is 2.25. The van der Waals surface area contributed by atoms with E-state index in [-0.39, 0.29) is 36.4 Å². The van der Waals surface area contributed by atoms with Gasteiger partial charge in [-0.3, -0.25) is 4.90 Å². The number of hydrogen-bond donors (Lipinski definition) is 2. The van der Waals surface area contributed by atoms with Gasteiger partial charge in [0.25, 0.3) is 0 Å². The molecule has 4 atom stereocenters. The summed E-state index contributed by atoms with van der Waals surface area (Å²) in [6, 6.07) is 10.4. The van der Waals surface area contributed by atoms with Crippen molar-refractivity contribution in [3.05, 3.63) is 47.8 Å². The SMILES string of the molecule is CN(Cc1ccccc1)Cc1cn([C@H]2CO[C@H]3[C@@H]2OC[C@@H]3NC(=O)NC2CCCCC2)nn1. The summed E-state index contributed by atoms with van der Waals surface area (Å²) in [6.45, 7) is 2.51. The van der Waals surface area contributed by atoms with Gasteiger partial charge in [-0.15, -0.1) is 5.10 Å². The Morgan fingerprint density at radius 1 is 1.06 bits per heavy atom. The van der Waals surface area contributed by atoms with Crippen molar-refractivity contribution >= 4 is 6.03 Å².